The lowest BCUT2D eigenvalue weighted by molar-refractivity contribution is -0.122. The molecule has 2 rings (SSSR count). The van der Waals surface area contributed by atoms with E-state index in [0.29, 0.717) is 11.7 Å². The van der Waals surface area contributed by atoms with E-state index in [1.807, 2.05) is 26.8 Å². The second-order valence-electron chi connectivity index (χ2n) is 6.70. The smallest absolute Gasteiger partial charge is 0.266 e. The fourth-order valence-electron chi connectivity index (χ4n) is 2.52. The van der Waals surface area contributed by atoms with Gasteiger partial charge in [-0.15, -0.1) is 0 Å². The molecule has 24 heavy (non-hydrogen) atoms. The maximum atomic E-state index is 12.5. The number of anilines is 1. The van der Waals surface area contributed by atoms with Gasteiger partial charge in [0.05, 0.1) is 6.20 Å². The number of carbonyl (C=O) groups is 1. The maximum absolute atomic E-state index is 12.5. The molecule has 1 aromatic carbocycles. The number of amides is 1. The molecule has 1 unspecified atom stereocenters. The zero-order valence-corrected chi connectivity index (χ0v) is 15.3. The summed E-state index contributed by atoms with van der Waals surface area (Å²) in [6.07, 6.45) is 1.08. The number of nitrogens with zero attached hydrogens (tertiary/aromatic N) is 2. The van der Waals surface area contributed by atoms with Gasteiger partial charge in [-0.05, 0) is 50.8 Å². The van der Waals surface area contributed by atoms with Crippen molar-refractivity contribution in [3.05, 3.63) is 41.6 Å². The molecule has 0 spiro atoms. The summed E-state index contributed by atoms with van der Waals surface area (Å²) in [4.78, 5) is 12.5. The fourth-order valence-corrected chi connectivity index (χ4v) is 2.52. The first kappa shape index (κ1) is 18.0. The van der Waals surface area contributed by atoms with Crippen LogP contribution in [0.15, 0.2) is 30.5 Å². The molecule has 0 fully saturated rings. The lowest BCUT2D eigenvalue weighted by atomic mass is 10.0. The van der Waals surface area contributed by atoms with E-state index < -0.39 is 6.10 Å². The number of hydrogen-bond acceptors (Lipinski definition) is 3. The minimum atomic E-state index is -0.597. The van der Waals surface area contributed by atoms with E-state index in [1.165, 1.54) is 0 Å². The molecule has 130 valence electrons. The molecule has 1 atom stereocenters. The minimum absolute atomic E-state index is 0.177. The van der Waals surface area contributed by atoms with Crippen LogP contribution in [0.25, 0.3) is 0 Å². The predicted molar refractivity (Wildman–Crippen MR) is 96.6 cm³/mol. The van der Waals surface area contributed by atoms with Crippen LogP contribution in [0, 0.1) is 6.92 Å². The second-order valence-corrected chi connectivity index (χ2v) is 6.70. The molecule has 1 heterocycles. The van der Waals surface area contributed by atoms with Gasteiger partial charge in [-0.2, -0.15) is 5.10 Å². The third kappa shape index (κ3) is 4.16. The van der Waals surface area contributed by atoms with Gasteiger partial charge < -0.3 is 10.1 Å². The monoisotopic (exact) mass is 329 g/mol. The summed E-state index contributed by atoms with van der Waals surface area (Å²) in [7, 11) is 0. The number of aromatic nitrogens is 2. The highest BCUT2D eigenvalue weighted by atomic mass is 16.5. The van der Waals surface area contributed by atoms with Gasteiger partial charge in [0.15, 0.2) is 6.10 Å². The number of rotatable bonds is 6. The number of ether oxygens (including phenoxy) is 1. The molecule has 0 radical (unpaired) electrons. The molecule has 0 saturated heterocycles. The van der Waals surface area contributed by atoms with Gasteiger partial charge in [-0.25, -0.2) is 4.68 Å². The first-order chi connectivity index (χ1) is 11.3. The Morgan fingerprint density at radius 1 is 1.17 bits per heavy atom. The van der Waals surface area contributed by atoms with E-state index in [1.54, 1.807) is 23.9 Å². The fraction of sp³-hybridized carbons (Fsp3) is 0.474. The third-order valence-corrected chi connectivity index (χ3v) is 3.87. The van der Waals surface area contributed by atoms with E-state index in [9.17, 15) is 4.79 Å². The molecule has 5 heteroatoms. The third-order valence-electron chi connectivity index (χ3n) is 3.87. The molecular weight excluding hydrogens is 302 g/mol. The Bertz CT molecular complexity index is 704. The molecule has 1 aromatic heterocycles. The molecule has 1 amide bonds. The molecule has 0 aliphatic heterocycles. The molecular formula is C19H27N3O2. The summed E-state index contributed by atoms with van der Waals surface area (Å²) in [5, 5.41) is 7.11. The predicted octanol–water partition coefficient (Wildman–Crippen LogP) is 4.30. The first-order valence-corrected chi connectivity index (χ1v) is 8.41. The summed E-state index contributed by atoms with van der Waals surface area (Å²) in [5.74, 6) is 1.59. The quantitative estimate of drug-likeness (QED) is 0.859. The van der Waals surface area contributed by atoms with Crippen LogP contribution in [0.1, 0.15) is 57.7 Å². The van der Waals surface area contributed by atoms with Gasteiger partial charge in [0, 0.05) is 12.1 Å². The Kier molecular flexibility index (Phi) is 5.65. The zero-order valence-electron chi connectivity index (χ0n) is 15.3. The van der Waals surface area contributed by atoms with Crippen LogP contribution in [-0.4, -0.2) is 21.8 Å². The highest BCUT2D eigenvalue weighted by molar-refractivity contribution is 5.93. The minimum Gasteiger partial charge on any atom is -0.481 e. The molecule has 5 nitrogen and oxygen atoms in total. The van der Waals surface area contributed by atoms with Crippen molar-refractivity contribution in [2.75, 3.05) is 5.32 Å². The Hall–Kier alpha value is -2.30. The van der Waals surface area contributed by atoms with E-state index >= 15 is 0 Å². The van der Waals surface area contributed by atoms with Crippen LogP contribution in [0.3, 0.4) is 0 Å². The van der Waals surface area contributed by atoms with Crippen molar-refractivity contribution < 1.29 is 9.53 Å². The topological polar surface area (TPSA) is 56.1 Å². The molecule has 0 aliphatic rings. The average molecular weight is 329 g/mol. The maximum Gasteiger partial charge on any atom is 0.266 e. The van der Waals surface area contributed by atoms with Gasteiger partial charge in [-0.3, -0.25) is 4.79 Å². The van der Waals surface area contributed by atoms with Gasteiger partial charge in [0.25, 0.3) is 5.91 Å². The van der Waals surface area contributed by atoms with Crippen molar-refractivity contribution in [2.45, 2.75) is 59.6 Å². The molecule has 2 aromatic rings. The largest absolute Gasteiger partial charge is 0.481 e. The molecule has 0 saturated carbocycles. The molecule has 0 bridgehead atoms. The Labute approximate surface area is 144 Å². The second kappa shape index (κ2) is 7.51. The van der Waals surface area contributed by atoms with Crippen molar-refractivity contribution in [2.24, 2.45) is 0 Å². The van der Waals surface area contributed by atoms with Gasteiger partial charge >= 0.3 is 0 Å². The van der Waals surface area contributed by atoms with Crippen molar-refractivity contribution in [3.63, 3.8) is 0 Å². The van der Waals surface area contributed by atoms with Gasteiger partial charge in [0.1, 0.15) is 11.6 Å². The summed E-state index contributed by atoms with van der Waals surface area (Å²) in [5.41, 5.74) is 2.22. The standard InChI is InChI=1S/C19H27N3O2/c1-12(2)16-8-7-14(5)11-17(16)24-15(6)19(23)21-18-9-10-20-22(18)13(3)4/h7-13,15H,1-6H3,(H,21,23). The summed E-state index contributed by atoms with van der Waals surface area (Å²) >= 11 is 0. The number of aryl methyl sites for hydroxylation is 1. The van der Waals surface area contributed by atoms with Crippen molar-refractivity contribution in [3.8, 4) is 5.75 Å². The highest BCUT2D eigenvalue weighted by Crippen LogP contribution is 2.28. The van der Waals surface area contributed by atoms with Crippen molar-refractivity contribution in [1.82, 2.24) is 9.78 Å². The van der Waals surface area contributed by atoms with E-state index in [-0.39, 0.29) is 11.9 Å². The highest BCUT2D eigenvalue weighted by Gasteiger charge is 2.19. The van der Waals surface area contributed by atoms with E-state index in [2.05, 4.69) is 36.4 Å². The molecule has 0 aliphatic carbocycles. The normalized spacial score (nSPS) is 12.5. The zero-order chi connectivity index (χ0) is 17.9. The average Bonchev–Trinajstić information content (AvgIpc) is 2.95. The summed E-state index contributed by atoms with van der Waals surface area (Å²) < 4.78 is 7.73. The lowest BCUT2D eigenvalue weighted by Crippen LogP contribution is -2.31. The van der Waals surface area contributed by atoms with Crippen LogP contribution in [0.5, 0.6) is 5.75 Å². The molecule has 1 N–H and O–H groups in total. The van der Waals surface area contributed by atoms with E-state index in [0.717, 1.165) is 16.9 Å². The van der Waals surface area contributed by atoms with Crippen molar-refractivity contribution in [1.29, 1.82) is 0 Å². The number of nitrogens with one attached hydrogen (secondary N) is 1. The summed E-state index contributed by atoms with van der Waals surface area (Å²) in [6, 6.07) is 8.08. The van der Waals surface area contributed by atoms with Gasteiger partial charge in [0.2, 0.25) is 0 Å². The van der Waals surface area contributed by atoms with Crippen LogP contribution in [-0.2, 0) is 4.79 Å². The van der Waals surface area contributed by atoms with Crippen LogP contribution in [0.2, 0.25) is 0 Å². The Balaban J connectivity index is 2.12. The Morgan fingerprint density at radius 3 is 2.50 bits per heavy atom. The number of benzene rings is 1. The van der Waals surface area contributed by atoms with Crippen LogP contribution >= 0.6 is 0 Å². The summed E-state index contributed by atoms with van der Waals surface area (Å²) in [6.45, 7) is 12.0. The van der Waals surface area contributed by atoms with Crippen molar-refractivity contribution >= 4 is 11.7 Å². The Morgan fingerprint density at radius 2 is 1.88 bits per heavy atom. The van der Waals surface area contributed by atoms with Crippen LogP contribution in [0.4, 0.5) is 5.82 Å². The number of hydrogen-bond donors (Lipinski definition) is 1. The van der Waals surface area contributed by atoms with E-state index in [4.69, 9.17) is 4.74 Å². The first-order valence-electron chi connectivity index (χ1n) is 8.41. The van der Waals surface area contributed by atoms with Crippen LogP contribution < -0.4 is 10.1 Å². The number of carbonyl (C=O) groups excluding carboxylic acids is 1. The lowest BCUT2D eigenvalue weighted by Gasteiger charge is -2.20. The SMILES string of the molecule is Cc1ccc(C(C)C)c(OC(C)C(=O)Nc2ccnn2C(C)C)c1. The van der Waals surface area contributed by atoms with Gasteiger partial charge in [-0.1, -0.05) is 26.0 Å².